The van der Waals surface area contributed by atoms with Gasteiger partial charge in [0, 0.05) is 12.7 Å². The lowest BCUT2D eigenvalue weighted by molar-refractivity contribution is 0.187. The molecule has 4 rings (SSSR count). The molecule has 2 aromatic rings. The molecule has 1 unspecified atom stereocenters. The van der Waals surface area contributed by atoms with Crippen LogP contribution in [-0.4, -0.2) is 27.6 Å². The van der Waals surface area contributed by atoms with Crippen LogP contribution in [0.4, 0.5) is 5.69 Å². The number of nitrogens with zero attached hydrogens (tertiary/aromatic N) is 3. The third-order valence-electron chi connectivity index (χ3n) is 3.51. The van der Waals surface area contributed by atoms with Gasteiger partial charge in [0.1, 0.15) is 12.4 Å². The first-order chi connectivity index (χ1) is 9.11. The van der Waals surface area contributed by atoms with Crippen LogP contribution in [0.25, 0.3) is 5.69 Å². The third-order valence-corrected chi connectivity index (χ3v) is 3.51. The average Bonchev–Trinajstić information content (AvgIpc) is 3.13. The van der Waals surface area contributed by atoms with Gasteiger partial charge in [0.2, 0.25) is 0 Å². The predicted molar refractivity (Wildman–Crippen MR) is 66.3 cm³/mol. The average molecular weight is 260 g/mol. The summed E-state index contributed by atoms with van der Waals surface area (Å²) < 4.78 is 14.0. The largest absolute Gasteiger partial charge is 0.488 e. The van der Waals surface area contributed by atoms with Crippen molar-refractivity contribution in [2.75, 3.05) is 18.9 Å². The topological polar surface area (TPSA) is 87.6 Å². The van der Waals surface area contributed by atoms with Crippen molar-refractivity contribution in [3.63, 3.8) is 0 Å². The normalized spacial score (nSPS) is 23.4. The second-order valence-electron chi connectivity index (χ2n) is 4.86. The number of epoxide rings is 1. The van der Waals surface area contributed by atoms with E-state index >= 15 is 0 Å². The van der Waals surface area contributed by atoms with Crippen molar-refractivity contribution in [2.45, 2.75) is 5.60 Å². The molecule has 7 heteroatoms. The Labute approximate surface area is 108 Å². The molecule has 1 aromatic carbocycles. The maximum atomic E-state index is 12.3. The first-order valence-corrected chi connectivity index (χ1v) is 5.94. The highest BCUT2D eigenvalue weighted by atomic mass is 16.6. The lowest BCUT2D eigenvalue weighted by Gasteiger charge is -2.08. The molecule has 0 saturated carbocycles. The van der Waals surface area contributed by atoms with Crippen LogP contribution < -0.4 is 16.2 Å². The molecule has 0 radical (unpaired) electrons. The molecule has 2 N–H and O–H groups in total. The van der Waals surface area contributed by atoms with Gasteiger partial charge in [-0.2, -0.15) is 5.10 Å². The van der Waals surface area contributed by atoms with Gasteiger partial charge in [0.05, 0.1) is 12.3 Å². The molecule has 2 aliphatic rings. The van der Waals surface area contributed by atoms with Crippen LogP contribution >= 0.6 is 0 Å². The van der Waals surface area contributed by atoms with Crippen molar-refractivity contribution in [2.24, 2.45) is 7.05 Å². The second-order valence-corrected chi connectivity index (χ2v) is 4.86. The van der Waals surface area contributed by atoms with Gasteiger partial charge in [-0.05, 0) is 18.2 Å². The quantitative estimate of drug-likeness (QED) is 0.522. The van der Waals surface area contributed by atoms with Gasteiger partial charge in [0.25, 0.3) is 0 Å². The van der Waals surface area contributed by atoms with E-state index in [1.54, 1.807) is 25.2 Å². The number of hydrogen-bond acceptors (Lipinski definition) is 5. The van der Waals surface area contributed by atoms with Gasteiger partial charge < -0.3 is 15.2 Å². The molecular formula is C12H12N4O3. The molecule has 1 atom stereocenters. The molecule has 0 aliphatic carbocycles. The molecule has 98 valence electrons. The molecule has 0 amide bonds. The highest BCUT2D eigenvalue weighted by Gasteiger charge is 2.54. The Morgan fingerprint density at radius 1 is 1.42 bits per heavy atom. The number of nitrogen functional groups attached to an aromatic ring is 1. The highest BCUT2D eigenvalue weighted by Crippen LogP contribution is 2.42. The fourth-order valence-electron chi connectivity index (χ4n) is 2.37. The summed E-state index contributed by atoms with van der Waals surface area (Å²) in [5.41, 5.74) is 6.14. The van der Waals surface area contributed by atoms with Crippen molar-refractivity contribution in [3.8, 4) is 11.4 Å². The molecule has 1 fully saturated rings. The highest BCUT2D eigenvalue weighted by molar-refractivity contribution is 5.57. The lowest BCUT2D eigenvalue weighted by Crippen LogP contribution is -2.24. The van der Waals surface area contributed by atoms with E-state index in [-0.39, 0.29) is 5.69 Å². The van der Waals surface area contributed by atoms with E-state index in [2.05, 4.69) is 5.10 Å². The standard InChI is InChI=1S/C12H12N4O3/c1-15-11(17)16-8-4-7(13)2-3-9(8)18-5-12(6-19-12)10(16)14-15/h2-4H,5-6,13H2,1H3. The van der Waals surface area contributed by atoms with Crippen LogP contribution in [0.2, 0.25) is 0 Å². The molecule has 3 heterocycles. The number of rotatable bonds is 0. The van der Waals surface area contributed by atoms with Crippen LogP contribution in [0.5, 0.6) is 5.75 Å². The van der Waals surface area contributed by atoms with Crippen LogP contribution in [0, 0.1) is 0 Å². The van der Waals surface area contributed by atoms with E-state index in [4.69, 9.17) is 15.2 Å². The smallest absolute Gasteiger partial charge is 0.350 e. The Morgan fingerprint density at radius 3 is 2.95 bits per heavy atom. The fourth-order valence-corrected chi connectivity index (χ4v) is 2.37. The summed E-state index contributed by atoms with van der Waals surface area (Å²) in [4.78, 5) is 12.3. The molecule has 7 nitrogen and oxygen atoms in total. The lowest BCUT2D eigenvalue weighted by atomic mass is 10.1. The minimum atomic E-state index is -0.603. The number of anilines is 1. The number of aryl methyl sites for hydroxylation is 1. The maximum absolute atomic E-state index is 12.3. The molecule has 1 spiro atoms. The first kappa shape index (κ1) is 10.6. The number of fused-ring (bicyclic) bond motifs is 4. The summed E-state index contributed by atoms with van der Waals surface area (Å²) in [5.74, 6) is 1.18. The van der Waals surface area contributed by atoms with E-state index in [9.17, 15) is 4.79 Å². The zero-order valence-electron chi connectivity index (χ0n) is 10.3. The van der Waals surface area contributed by atoms with E-state index < -0.39 is 5.60 Å². The minimum absolute atomic E-state index is 0.234. The summed E-state index contributed by atoms with van der Waals surface area (Å²) in [5, 5.41) is 4.28. The molecule has 1 aromatic heterocycles. The number of benzene rings is 1. The van der Waals surface area contributed by atoms with E-state index in [1.165, 1.54) is 9.25 Å². The number of hydrogen-bond donors (Lipinski definition) is 1. The SMILES string of the molecule is Cn1nc2n(c1=O)-c1cc(N)ccc1OCC21CO1. The zero-order valence-corrected chi connectivity index (χ0v) is 10.3. The summed E-state index contributed by atoms with van der Waals surface area (Å²) in [6, 6.07) is 5.21. The Morgan fingerprint density at radius 2 is 2.21 bits per heavy atom. The van der Waals surface area contributed by atoms with E-state index in [1.807, 2.05) is 0 Å². The van der Waals surface area contributed by atoms with Gasteiger partial charge >= 0.3 is 5.69 Å². The van der Waals surface area contributed by atoms with Crippen molar-refractivity contribution < 1.29 is 9.47 Å². The van der Waals surface area contributed by atoms with Crippen molar-refractivity contribution >= 4 is 5.69 Å². The summed E-state index contributed by atoms with van der Waals surface area (Å²) >= 11 is 0. The van der Waals surface area contributed by atoms with Gasteiger partial charge in [-0.1, -0.05) is 0 Å². The van der Waals surface area contributed by atoms with Gasteiger partial charge in [-0.15, -0.1) is 0 Å². The fraction of sp³-hybridized carbons (Fsp3) is 0.333. The summed E-state index contributed by atoms with van der Waals surface area (Å²) in [6.45, 7) is 0.854. The Kier molecular flexibility index (Phi) is 1.78. The van der Waals surface area contributed by atoms with Gasteiger partial charge in [-0.3, -0.25) is 0 Å². The zero-order chi connectivity index (χ0) is 13.2. The van der Waals surface area contributed by atoms with Crippen LogP contribution in [-0.2, 0) is 17.4 Å². The van der Waals surface area contributed by atoms with Crippen molar-refractivity contribution in [1.82, 2.24) is 14.3 Å². The van der Waals surface area contributed by atoms with Crippen molar-refractivity contribution in [1.29, 1.82) is 0 Å². The van der Waals surface area contributed by atoms with Gasteiger partial charge in [-0.25, -0.2) is 14.0 Å². The first-order valence-electron chi connectivity index (χ1n) is 5.94. The molecule has 19 heavy (non-hydrogen) atoms. The molecule has 1 saturated heterocycles. The van der Waals surface area contributed by atoms with Crippen LogP contribution in [0.1, 0.15) is 5.82 Å². The summed E-state index contributed by atoms with van der Waals surface area (Å²) in [6.07, 6.45) is 0. The Bertz CT molecular complexity index is 742. The number of nitrogens with two attached hydrogens (primary N) is 1. The maximum Gasteiger partial charge on any atom is 0.350 e. The van der Waals surface area contributed by atoms with E-state index in [0.29, 0.717) is 36.2 Å². The van der Waals surface area contributed by atoms with Crippen LogP contribution in [0.15, 0.2) is 23.0 Å². The van der Waals surface area contributed by atoms with Gasteiger partial charge in [0.15, 0.2) is 11.4 Å². The third kappa shape index (κ3) is 1.30. The Balaban J connectivity index is 2.09. The number of ether oxygens (including phenoxy) is 2. The molecule has 2 aliphatic heterocycles. The molecular weight excluding hydrogens is 248 g/mol. The predicted octanol–water partition coefficient (Wildman–Crippen LogP) is -0.229. The number of aromatic nitrogens is 3. The second kappa shape index (κ2) is 3.18. The van der Waals surface area contributed by atoms with Crippen molar-refractivity contribution in [3.05, 3.63) is 34.5 Å². The summed E-state index contributed by atoms with van der Waals surface area (Å²) in [7, 11) is 1.62. The monoisotopic (exact) mass is 260 g/mol. The minimum Gasteiger partial charge on any atom is -0.488 e. The van der Waals surface area contributed by atoms with Crippen LogP contribution in [0.3, 0.4) is 0 Å². The van der Waals surface area contributed by atoms with E-state index in [0.717, 1.165) is 0 Å². The Hall–Kier alpha value is -2.28. The molecule has 0 bridgehead atoms.